The van der Waals surface area contributed by atoms with Crippen molar-refractivity contribution in [2.75, 3.05) is 11.9 Å². The summed E-state index contributed by atoms with van der Waals surface area (Å²) in [5, 5.41) is 14.1. The number of anilines is 1. The molecule has 3 N–H and O–H groups in total. The molecule has 7 nitrogen and oxygen atoms in total. The van der Waals surface area contributed by atoms with Gasteiger partial charge < -0.3 is 15.2 Å². The maximum atomic E-state index is 12.6. The van der Waals surface area contributed by atoms with Gasteiger partial charge in [0.1, 0.15) is 12.6 Å². The molecular formula is C26H24N2O5. The number of carboxylic acid groups (broad SMARTS) is 1. The van der Waals surface area contributed by atoms with E-state index in [-0.39, 0.29) is 18.1 Å². The van der Waals surface area contributed by atoms with Gasteiger partial charge in [-0.25, -0.2) is 4.79 Å². The Labute approximate surface area is 191 Å². The zero-order chi connectivity index (χ0) is 23.5. The molecule has 3 aromatic rings. The number of ether oxygens (including phenoxy) is 1. The second-order valence-corrected chi connectivity index (χ2v) is 8.01. The van der Waals surface area contributed by atoms with Crippen molar-refractivity contribution in [3.8, 4) is 11.1 Å². The highest BCUT2D eigenvalue weighted by Crippen LogP contribution is 2.44. The lowest BCUT2D eigenvalue weighted by Gasteiger charge is -2.16. The van der Waals surface area contributed by atoms with Crippen molar-refractivity contribution in [2.24, 2.45) is 0 Å². The molecule has 1 aliphatic rings. The van der Waals surface area contributed by atoms with E-state index in [2.05, 4.69) is 22.8 Å². The molecule has 0 aliphatic heterocycles. The number of fused-ring (bicyclic) bond motifs is 3. The Hall–Kier alpha value is -4.13. The third-order valence-electron chi connectivity index (χ3n) is 5.80. The van der Waals surface area contributed by atoms with Gasteiger partial charge in [0.15, 0.2) is 0 Å². The van der Waals surface area contributed by atoms with Crippen LogP contribution in [0.4, 0.5) is 10.5 Å². The van der Waals surface area contributed by atoms with Gasteiger partial charge in [0.2, 0.25) is 0 Å². The summed E-state index contributed by atoms with van der Waals surface area (Å²) in [5.41, 5.74) is 5.93. The summed E-state index contributed by atoms with van der Waals surface area (Å²) < 4.78 is 5.57. The quantitative estimate of drug-likeness (QED) is 0.517. The Morgan fingerprint density at radius 3 is 2.18 bits per heavy atom. The molecule has 0 radical (unpaired) electrons. The fraction of sp³-hybridized carbons (Fsp3) is 0.192. The highest BCUT2D eigenvalue weighted by atomic mass is 16.5. The van der Waals surface area contributed by atoms with Gasteiger partial charge in [0.05, 0.1) is 0 Å². The van der Waals surface area contributed by atoms with E-state index < -0.39 is 24.0 Å². The number of aliphatic carboxylic acids is 1. The van der Waals surface area contributed by atoms with Crippen molar-refractivity contribution < 1.29 is 24.2 Å². The largest absolute Gasteiger partial charge is 0.480 e. The first kappa shape index (κ1) is 22.1. The summed E-state index contributed by atoms with van der Waals surface area (Å²) >= 11 is 0. The number of benzene rings is 3. The number of hydrogen-bond acceptors (Lipinski definition) is 4. The second kappa shape index (κ2) is 9.16. The lowest BCUT2D eigenvalue weighted by molar-refractivity contribution is -0.138. The van der Waals surface area contributed by atoms with Crippen LogP contribution in [0.1, 0.15) is 39.9 Å². The number of nitrogens with one attached hydrogen (secondary N) is 2. The molecule has 1 aliphatic carbocycles. The fourth-order valence-electron chi connectivity index (χ4n) is 3.98. The van der Waals surface area contributed by atoms with Crippen molar-refractivity contribution in [1.29, 1.82) is 0 Å². The van der Waals surface area contributed by atoms with Crippen LogP contribution >= 0.6 is 0 Å². The number of carbonyl (C=O) groups excluding carboxylic acids is 2. The van der Waals surface area contributed by atoms with E-state index in [1.54, 1.807) is 19.1 Å². The van der Waals surface area contributed by atoms with Crippen molar-refractivity contribution >= 4 is 23.7 Å². The molecule has 0 saturated heterocycles. The molecule has 0 spiro atoms. The Kier molecular flexibility index (Phi) is 6.13. The Bertz CT molecular complexity index is 1190. The number of carboxylic acids is 1. The predicted octanol–water partition coefficient (Wildman–Crippen LogP) is 4.56. The minimum Gasteiger partial charge on any atom is -0.480 e. The molecule has 0 saturated carbocycles. The van der Waals surface area contributed by atoms with E-state index in [4.69, 9.17) is 9.84 Å². The van der Waals surface area contributed by atoms with Crippen LogP contribution in [0.2, 0.25) is 0 Å². The monoisotopic (exact) mass is 444 g/mol. The molecule has 7 heteroatoms. The van der Waals surface area contributed by atoms with Gasteiger partial charge in [0, 0.05) is 17.2 Å². The van der Waals surface area contributed by atoms with Crippen LogP contribution in [0.5, 0.6) is 0 Å². The maximum absolute atomic E-state index is 12.6. The first-order valence-corrected chi connectivity index (χ1v) is 10.6. The van der Waals surface area contributed by atoms with Crippen LogP contribution in [0, 0.1) is 6.92 Å². The van der Waals surface area contributed by atoms with Gasteiger partial charge in [0.25, 0.3) is 5.91 Å². The summed E-state index contributed by atoms with van der Waals surface area (Å²) in [6.07, 6.45) is -0.628. The first-order valence-electron chi connectivity index (χ1n) is 10.6. The predicted molar refractivity (Wildman–Crippen MR) is 124 cm³/mol. The number of rotatable bonds is 6. The Balaban J connectivity index is 1.45. The highest BCUT2D eigenvalue weighted by Gasteiger charge is 2.29. The van der Waals surface area contributed by atoms with Crippen molar-refractivity contribution in [2.45, 2.75) is 25.8 Å². The average Bonchev–Trinajstić information content (AvgIpc) is 3.12. The van der Waals surface area contributed by atoms with Crippen LogP contribution in [0.25, 0.3) is 11.1 Å². The molecule has 3 aromatic carbocycles. The van der Waals surface area contributed by atoms with Crippen molar-refractivity contribution in [3.63, 3.8) is 0 Å². The van der Waals surface area contributed by atoms with Crippen LogP contribution in [0.3, 0.4) is 0 Å². The fourth-order valence-corrected chi connectivity index (χ4v) is 3.98. The summed E-state index contributed by atoms with van der Waals surface area (Å²) in [6, 6.07) is 19.9. The number of amides is 2. The van der Waals surface area contributed by atoms with Crippen molar-refractivity contribution in [3.05, 3.63) is 89.0 Å². The van der Waals surface area contributed by atoms with E-state index in [0.717, 1.165) is 27.8 Å². The Morgan fingerprint density at radius 1 is 0.970 bits per heavy atom. The molecule has 168 valence electrons. The molecule has 0 unspecified atom stereocenters. The third-order valence-corrected chi connectivity index (χ3v) is 5.80. The van der Waals surface area contributed by atoms with Gasteiger partial charge in [-0.05, 0) is 53.8 Å². The Morgan fingerprint density at radius 2 is 1.58 bits per heavy atom. The van der Waals surface area contributed by atoms with Gasteiger partial charge in [-0.3, -0.25) is 14.9 Å². The highest BCUT2D eigenvalue weighted by molar-refractivity contribution is 5.98. The van der Waals surface area contributed by atoms with Crippen LogP contribution in [0.15, 0.2) is 66.7 Å². The smallest absolute Gasteiger partial charge is 0.411 e. The minimum atomic E-state index is -1.13. The van der Waals surface area contributed by atoms with Gasteiger partial charge in [-0.15, -0.1) is 0 Å². The van der Waals surface area contributed by atoms with Crippen LogP contribution in [-0.4, -0.2) is 35.7 Å². The maximum Gasteiger partial charge on any atom is 0.411 e. The van der Waals surface area contributed by atoms with E-state index in [9.17, 15) is 14.4 Å². The minimum absolute atomic E-state index is 0.0566. The molecule has 0 aromatic heterocycles. The second-order valence-electron chi connectivity index (χ2n) is 8.01. The standard InChI is InChI=1S/C26H24N2O5/c1-15-11-12-17(24(29)27-16(2)25(30)31)13-23(15)28-26(32)33-14-22-20-9-5-3-7-18(20)19-8-4-6-10-21(19)22/h3-13,16,22H,14H2,1-2H3,(H,27,29)(H,28,32)(H,30,31)/t16-/m1/s1. The van der Waals surface area contributed by atoms with E-state index in [0.29, 0.717) is 5.69 Å². The normalized spacial score (nSPS) is 12.9. The molecule has 0 heterocycles. The van der Waals surface area contributed by atoms with Gasteiger partial charge >= 0.3 is 12.1 Å². The zero-order valence-corrected chi connectivity index (χ0v) is 18.3. The van der Waals surface area contributed by atoms with Gasteiger partial charge in [-0.1, -0.05) is 54.6 Å². The van der Waals surface area contributed by atoms with E-state index >= 15 is 0 Å². The number of carbonyl (C=O) groups is 3. The summed E-state index contributed by atoms with van der Waals surface area (Å²) in [5.74, 6) is -1.73. The number of aryl methyl sites for hydroxylation is 1. The van der Waals surface area contributed by atoms with E-state index in [1.807, 2.05) is 36.4 Å². The third kappa shape index (κ3) is 4.57. The number of hydrogen-bond donors (Lipinski definition) is 3. The van der Waals surface area contributed by atoms with Crippen LogP contribution in [-0.2, 0) is 9.53 Å². The molecular weight excluding hydrogens is 420 g/mol. The zero-order valence-electron chi connectivity index (χ0n) is 18.3. The first-order chi connectivity index (χ1) is 15.8. The molecule has 33 heavy (non-hydrogen) atoms. The molecule has 4 rings (SSSR count). The molecule has 1 atom stereocenters. The molecule has 2 amide bonds. The van der Waals surface area contributed by atoms with E-state index in [1.165, 1.54) is 13.0 Å². The SMILES string of the molecule is Cc1ccc(C(=O)N[C@H](C)C(=O)O)cc1NC(=O)OCC1c2ccccc2-c2ccccc21. The summed E-state index contributed by atoms with van der Waals surface area (Å²) in [6.45, 7) is 3.35. The lowest BCUT2D eigenvalue weighted by atomic mass is 9.98. The summed E-state index contributed by atoms with van der Waals surface area (Å²) in [4.78, 5) is 35.9. The topological polar surface area (TPSA) is 105 Å². The van der Waals surface area contributed by atoms with Crippen molar-refractivity contribution in [1.82, 2.24) is 5.32 Å². The summed E-state index contributed by atoms with van der Waals surface area (Å²) in [7, 11) is 0. The lowest BCUT2D eigenvalue weighted by Crippen LogP contribution is -2.38. The molecule has 0 bridgehead atoms. The molecule has 0 fully saturated rings. The average molecular weight is 444 g/mol. The van der Waals surface area contributed by atoms with Gasteiger partial charge in [-0.2, -0.15) is 0 Å². The van der Waals surface area contributed by atoms with Crippen LogP contribution < -0.4 is 10.6 Å².